The Bertz CT molecular complexity index is 413. The predicted molar refractivity (Wildman–Crippen MR) is 75.2 cm³/mol. The summed E-state index contributed by atoms with van der Waals surface area (Å²) in [6, 6.07) is 5.92. The van der Waals surface area contributed by atoms with Crippen molar-refractivity contribution in [3.05, 3.63) is 48.6 Å². The number of rotatable bonds is 8. The zero-order valence-corrected chi connectivity index (χ0v) is 11.2. The molecule has 0 fully saturated rings. The molecular weight excluding hydrogens is 226 g/mol. The van der Waals surface area contributed by atoms with Crippen molar-refractivity contribution in [2.24, 2.45) is 0 Å². The SMILES string of the molecule is C=CCNCc1ccc(OCC(=C)C)c(OC)c1. The molecule has 0 aliphatic heterocycles. The number of hydrogen-bond acceptors (Lipinski definition) is 3. The van der Waals surface area contributed by atoms with Gasteiger partial charge in [0.25, 0.3) is 0 Å². The molecule has 0 unspecified atom stereocenters. The number of ether oxygens (including phenoxy) is 2. The summed E-state index contributed by atoms with van der Waals surface area (Å²) >= 11 is 0. The van der Waals surface area contributed by atoms with E-state index in [2.05, 4.69) is 18.5 Å². The van der Waals surface area contributed by atoms with Crippen LogP contribution >= 0.6 is 0 Å². The number of benzene rings is 1. The zero-order valence-electron chi connectivity index (χ0n) is 11.2. The second kappa shape index (κ2) is 7.56. The van der Waals surface area contributed by atoms with Gasteiger partial charge in [0.2, 0.25) is 0 Å². The lowest BCUT2D eigenvalue weighted by Crippen LogP contribution is -2.12. The molecule has 0 radical (unpaired) electrons. The molecule has 0 aromatic heterocycles. The zero-order chi connectivity index (χ0) is 13.4. The van der Waals surface area contributed by atoms with E-state index in [9.17, 15) is 0 Å². The summed E-state index contributed by atoms with van der Waals surface area (Å²) in [6.45, 7) is 11.5. The van der Waals surface area contributed by atoms with E-state index in [1.165, 1.54) is 0 Å². The highest BCUT2D eigenvalue weighted by Crippen LogP contribution is 2.28. The monoisotopic (exact) mass is 247 g/mol. The quantitative estimate of drug-likeness (QED) is 0.566. The van der Waals surface area contributed by atoms with E-state index in [1.807, 2.05) is 31.2 Å². The van der Waals surface area contributed by atoms with Crippen molar-refractivity contribution in [1.82, 2.24) is 5.32 Å². The fourth-order valence-electron chi connectivity index (χ4n) is 1.46. The Morgan fingerprint density at radius 2 is 2.17 bits per heavy atom. The maximum absolute atomic E-state index is 5.61. The maximum Gasteiger partial charge on any atom is 0.161 e. The minimum absolute atomic E-state index is 0.504. The van der Waals surface area contributed by atoms with E-state index >= 15 is 0 Å². The average molecular weight is 247 g/mol. The van der Waals surface area contributed by atoms with Crippen LogP contribution in [-0.4, -0.2) is 20.3 Å². The highest BCUT2D eigenvalue weighted by molar-refractivity contribution is 5.43. The van der Waals surface area contributed by atoms with Crippen molar-refractivity contribution >= 4 is 0 Å². The first-order valence-corrected chi connectivity index (χ1v) is 5.93. The molecule has 0 saturated heterocycles. The molecule has 1 rings (SSSR count). The Hall–Kier alpha value is -1.74. The van der Waals surface area contributed by atoms with Gasteiger partial charge in [0, 0.05) is 13.1 Å². The summed E-state index contributed by atoms with van der Waals surface area (Å²) in [4.78, 5) is 0. The third-order valence-electron chi connectivity index (χ3n) is 2.32. The van der Waals surface area contributed by atoms with Crippen LogP contribution in [0.5, 0.6) is 11.5 Å². The van der Waals surface area contributed by atoms with Crippen LogP contribution < -0.4 is 14.8 Å². The smallest absolute Gasteiger partial charge is 0.161 e. The van der Waals surface area contributed by atoms with Crippen molar-refractivity contribution < 1.29 is 9.47 Å². The molecule has 98 valence electrons. The minimum Gasteiger partial charge on any atom is -0.493 e. The average Bonchev–Trinajstić information content (AvgIpc) is 2.37. The third kappa shape index (κ3) is 4.63. The van der Waals surface area contributed by atoms with Gasteiger partial charge in [0.15, 0.2) is 11.5 Å². The van der Waals surface area contributed by atoms with Gasteiger partial charge in [-0.05, 0) is 30.2 Å². The molecule has 3 nitrogen and oxygen atoms in total. The van der Waals surface area contributed by atoms with Crippen LogP contribution in [-0.2, 0) is 6.54 Å². The van der Waals surface area contributed by atoms with E-state index in [0.29, 0.717) is 6.61 Å². The van der Waals surface area contributed by atoms with E-state index in [0.717, 1.165) is 35.7 Å². The van der Waals surface area contributed by atoms with Crippen LogP contribution in [0.25, 0.3) is 0 Å². The topological polar surface area (TPSA) is 30.5 Å². The fraction of sp³-hybridized carbons (Fsp3) is 0.333. The highest BCUT2D eigenvalue weighted by Gasteiger charge is 2.05. The number of hydrogen-bond donors (Lipinski definition) is 1. The molecule has 0 amide bonds. The lowest BCUT2D eigenvalue weighted by molar-refractivity contribution is 0.319. The first kappa shape index (κ1) is 14.3. The molecule has 0 bridgehead atoms. The minimum atomic E-state index is 0.504. The van der Waals surface area contributed by atoms with Crippen molar-refractivity contribution in [1.29, 1.82) is 0 Å². The lowest BCUT2D eigenvalue weighted by atomic mass is 10.2. The van der Waals surface area contributed by atoms with E-state index in [1.54, 1.807) is 7.11 Å². The second-order valence-corrected chi connectivity index (χ2v) is 4.15. The molecule has 0 aliphatic rings. The second-order valence-electron chi connectivity index (χ2n) is 4.15. The summed E-state index contributed by atoms with van der Waals surface area (Å²) in [6.07, 6.45) is 1.83. The van der Waals surface area contributed by atoms with E-state index < -0.39 is 0 Å². The van der Waals surface area contributed by atoms with E-state index in [-0.39, 0.29) is 0 Å². The first-order valence-electron chi connectivity index (χ1n) is 5.93. The van der Waals surface area contributed by atoms with Crippen LogP contribution in [0.4, 0.5) is 0 Å². The molecule has 18 heavy (non-hydrogen) atoms. The van der Waals surface area contributed by atoms with Crippen molar-refractivity contribution in [3.63, 3.8) is 0 Å². The first-order chi connectivity index (χ1) is 8.67. The van der Waals surface area contributed by atoms with Gasteiger partial charge in [-0.25, -0.2) is 0 Å². The number of nitrogens with one attached hydrogen (secondary N) is 1. The molecular formula is C15H21NO2. The van der Waals surface area contributed by atoms with Gasteiger partial charge in [-0.15, -0.1) is 6.58 Å². The number of methoxy groups -OCH3 is 1. The molecule has 3 heteroatoms. The molecule has 1 N–H and O–H groups in total. The molecule has 0 saturated carbocycles. The van der Waals surface area contributed by atoms with Crippen molar-refractivity contribution in [2.75, 3.05) is 20.3 Å². The fourth-order valence-corrected chi connectivity index (χ4v) is 1.46. The molecule has 1 aromatic rings. The van der Waals surface area contributed by atoms with Gasteiger partial charge in [-0.3, -0.25) is 0 Å². The van der Waals surface area contributed by atoms with Gasteiger partial charge in [-0.2, -0.15) is 0 Å². The Kier molecular flexibility index (Phi) is 6.01. The van der Waals surface area contributed by atoms with Gasteiger partial charge >= 0.3 is 0 Å². The Morgan fingerprint density at radius 3 is 2.78 bits per heavy atom. The van der Waals surface area contributed by atoms with Gasteiger partial charge < -0.3 is 14.8 Å². The standard InChI is InChI=1S/C15H21NO2/c1-5-8-16-10-13-6-7-14(15(9-13)17-4)18-11-12(2)3/h5-7,9,16H,1-2,8,10-11H2,3-4H3. The summed E-state index contributed by atoms with van der Waals surface area (Å²) in [5.74, 6) is 1.49. The van der Waals surface area contributed by atoms with Gasteiger partial charge in [0.05, 0.1) is 7.11 Å². The lowest BCUT2D eigenvalue weighted by Gasteiger charge is -2.12. The summed E-state index contributed by atoms with van der Waals surface area (Å²) in [5, 5.41) is 3.24. The van der Waals surface area contributed by atoms with Crippen LogP contribution in [0.3, 0.4) is 0 Å². The summed E-state index contributed by atoms with van der Waals surface area (Å²) in [5.41, 5.74) is 2.13. The molecule has 0 atom stereocenters. The van der Waals surface area contributed by atoms with Crippen LogP contribution in [0, 0.1) is 0 Å². The Labute approximate surface area is 109 Å². The van der Waals surface area contributed by atoms with Crippen molar-refractivity contribution in [3.8, 4) is 11.5 Å². The van der Waals surface area contributed by atoms with Crippen LogP contribution in [0.1, 0.15) is 12.5 Å². The Balaban J connectivity index is 2.69. The van der Waals surface area contributed by atoms with E-state index in [4.69, 9.17) is 9.47 Å². The Morgan fingerprint density at radius 1 is 1.39 bits per heavy atom. The van der Waals surface area contributed by atoms with Gasteiger partial charge in [-0.1, -0.05) is 18.7 Å². The third-order valence-corrected chi connectivity index (χ3v) is 2.32. The molecule has 0 heterocycles. The summed E-state index contributed by atoms with van der Waals surface area (Å²) < 4.78 is 10.9. The maximum atomic E-state index is 5.61. The highest BCUT2D eigenvalue weighted by atomic mass is 16.5. The normalized spacial score (nSPS) is 9.89. The molecule has 0 spiro atoms. The van der Waals surface area contributed by atoms with Crippen LogP contribution in [0.15, 0.2) is 43.0 Å². The largest absolute Gasteiger partial charge is 0.493 e. The molecule has 0 aliphatic carbocycles. The predicted octanol–water partition coefficient (Wildman–Crippen LogP) is 2.93. The summed E-state index contributed by atoms with van der Waals surface area (Å²) in [7, 11) is 1.64. The molecule has 1 aromatic carbocycles. The van der Waals surface area contributed by atoms with Crippen LogP contribution in [0.2, 0.25) is 0 Å². The van der Waals surface area contributed by atoms with Gasteiger partial charge in [0.1, 0.15) is 6.61 Å². The van der Waals surface area contributed by atoms with Crippen molar-refractivity contribution in [2.45, 2.75) is 13.5 Å².